The van der Waals surface area contributed by atoms with Crippen molar-refractivity contribution in [2.75, 3.05) is 32.1 Å². The fourth-order valence-electron chi connectivity index (χ4n) is 1.93. The van der Waals surface area contributed by atoms with Gasteiger partial charge in [-0.25, -0.2) is 4.39 Å². The monoisotopic (exact) mass is 334 g/mol. The number of hydrogen-bond acceptors (Lipinski definition) is 3. The summed E-state index contributed by atoms with van der Waals surface area (Å²) < 4.78 is 14.7. The molecule has 18 heavy (non-hydrogen) atoms. The average Bonchev–Trinajstić information content (AvgIpc) is 2.35. The molecule has 0 aliphatic carbocycles. The predicted octanol–water partition coefficient (Wildman–Crippen LogP) is 3.27. The Morgan fingerprint density at radius 1 is 1.50 bits per heavy atom. The second-order valence-electron chi connectivity index (χ2n) is 4.24. The number of hydrogen-bond donors (Lipinski definition) is 1. The summed E-state index contributed by atoms with van der Waals surface area (Å²) in [6.45, 7) is 1.35. The van der Waals surface area contributed by atoms with Crippen molar-refractivity contribution in [3.63, 3.8) is 0 Å². The van der Waals surface area contributed by atoms with E-state index in [1.165, 1.54) is 6.07 Å². The van der Waals surface area contributed by atoms with Crippen LogP contribution in [0.2, 0.25) is 0 Å². The first-order valence-electron chi connectivity index (χ1n) is 5.94. The predicted molar refractivity (Wildman–Crippen MR) is 81.5 cm³/mol. The van der Waals surface area contributed by atoms with Crippen molar-refractivity contribution in [2.45, 2.75) is 12.5 Å². The molecule has 0 aliphatic rings. The Bertz CT molecular complexity index is 376. The van der Waals surface area contributed by atoms with Crippen LogP contribution in [-0.2, 0) is 0 Å². The van der Waals surface area contributed by atoms with E-state index in [4.69, 9.17) is 5.73 Å². The Kier molecular flexibility index (Phi) is 7.22. The Morgan fingerprint density at radius 3 is 2.83 bits per heavy atom. The lowest BCUT2D eigenvalue weighted by molar-refractivity contribution is 0.246. The first kappa shape index (κ1) is 16.0. The van der Waals surface area contributed by atoms with E-state index >= 15 is 0 Å². The lowest BCUT2D eigenvalue weighted by Crippen LogP contribution is -2.32. The number of nitrogens with zero attached hydrogens (tertiary/aromatic N) is 1. The van der Waals surface area contributed by atoms with Crippen LogP contribution in [0.15, 0.2) is 22.7 Å². The molecule has 0 aromatic heterocycles. The third kappa shape index (κ3) is 4.53. The quantitative estimate of drug-likeness (QED) is 0.776. The molecule has 2 nitrogen and oxygen atoms in total. The summed E-state index contributed by atoms with van der Waals surface area (Å²) in [6.07, 6.45) is 3.18. The van der Waals surface area contributed by atoms with E-state index in [0.717, 1.165) is 23.2 Å². The van der Waals surface area contributed by atoms with Crippen LogP contribution in [0.1, 0.15) is 18.0 Å². The van der Waals surface area contributed by atoms with Crippen molar-refractivity contribution in [2.24, 2.45) is 5.73 Å². The zero-order chi connectivity index (χ0) is 13.5. The Morgan fingerprint density at radius 2 is 2.22 bits per heavy atom. The van der Waals surface area contributed by atoms with Gasteiger partial charge in [-0.05, 0) is 50.2 Å². The smallest absolute Gasteiger partial charge is 0.128 e. The highest BCUT2D eigenvalue weighted by molar-refractivity contribution is 9.10. The van der Waals surface area contributed by atoms with Crippen molar-refractivity contribution < 1.29 is 4.39 Å². The molecule has 0 heterocycles. The van der Waals surface area contributed by atoms with Gasteiger partial charge in [0, 0.05) is 22.6 Å². The van der Waals surface area contributed by atoms with Gasteiger partial charge in [0.25, 0.3) is 0 Å². The number of nitrogens with two attached hydrogens (primary N) is 1. The van der Waals surface area contributed by atoms with Gasteiger partial charge >= 0.3 is 0 Å². The summed E-state index contributed by atoms with van der Waals surface area (Å²) in [5.74, 6) is 0.924. The van der Waals surface area contributed by atoms with E-state index in [1.807, 2.05) is 24.9 Å². The Balaban J connectivity index is 2.78. The number of likely N-dealkylation sites (N-methyl/N-ethyl adjacent to an activating group) is 1. The highest BCUT2D eigenvalue weighted by Crippen LogP contribution is 2.25. The van der Waals surface area contributed by atoms with Crippen LogP contribution in [0, 0.1) is 5.82 Å². The molecule has 1 aromatic rings. The van der Waals surface area contributed by atoms with E-state index in [-0.39, 0.29) is 11.9 Å². The van der Waals surface area contributed by atoms with Crippen molar-refractivity contribution >= 4 is 27.7 Å². The fourth-order valence-corrected chi connectivity index (χ4v) is 2.73. The maximum absolute atomic E-state index is 13.8. The molecular weight excluding hydrogens is 315 g/mol. The van der Waals surface area contributed by atoms with Crippen LogP contribution in [-0.4, -0.2) is 37.0 Å². The third-order valence-electron chi connectivity index (χ3n) is 2.93. The van der Waals surface area contributed by atoms with Crippen molar-refractivity contribution in [3.05, 3.63) is 34.1 Å². The van der Waals surface area contributed by atoms with Crippen molar-refractivity contribution in [1.29, 1.82) is 0 Å². The lowest BCUT2D eigenvalue weighted by Gasteiger charge is -2.27. The molecule has 0 bridgehead atoms. The van der Waals surface area contributed by atoms with E-state index in [0.29, 0.717) is 12.1 Å². The lowest BCUT2D eigenvalue weighted by atomic mass is 10.0. The summed E-state index contributed by atoms with van der Waals surface area (Å²) in [7, 11) is 2.00. The molecule has 1 rings (SSSR count). The van der Waals surface area contributed by atoms with Gasteiger partial charge in [-0.1, -0.05) is 15.9 Å². The van der Waals surface area contributed by atoms with Gasteiger partial charge < -0.3 is 5.73 Å². The van der Waals surface area contributed by atoms with E-state index in [9.17, 15) is 4.39 Å². The normalized spacial score (nSPS) is 13.0. The fraction of sp³-hybridized carbons (Fsp3) is 0.538. The number of thioether (sulfide) groups is 1. The molecule has 0 saturated heterocycles. The van der Waals surface area contributed by atoms with E-state index in [2.05, 4.69) is 27.1 Å². The third-order valence-corrected chi connectivity index (χ3v) is 4.12. The van der Waals surface area contributed by atoms with Crippen LogP contribution in [0.4, 0.5) is 4.39 Å². The first-order valence-corrected chi connectivity index (χ1v) is 8.13. The minimum absolute atomic E-state index is 0.0654. The molecular formula is C13H20BrFN2S. The number of halogens is 2. The van der Waals surface area contributed by atoms with E-state index in [1.54, 1.807) is 6.07 Å². The molecule has 1 aromatic carbocycles. The van der Waals surface area contributed by atoms with Crippen LogP contribution in [0.5, 0.6) is 0 Å². The van der Waals surface area contributed by atoms with Gasteiger partial charge in [-0.3, -0.25) is 4.90 Å². The number of rotatable bonds is 7. The molecule has 0 amide bonds. The highest BCUT2D eigenvalue weighted by Gasteiger charge is 2.18. The summed E-state index contributed by atoms with van der Waals surface area (Å²) in [5, 5.41) is 0. The molecule has 1 atom stereocenters. The van der Waals surface area contributed by atoms with Gasteiger partial charge in [0.05, 0.1) is 0 Å². The molecule has 2 N–H and O–H groups in total. The van der Waals surface area contributed by atoms with Gasteiger partial charge in [0.15, 0.2) is 0 Å². The standard InChI is InChI=1S/C13H20BrFN2S/c1-17(6-3-7-18-2)13(9-16)11-8-10(14)4-5-12(11)15/h4-5,8,13H,3,6-7,9,16H2,1-2H3. The summed E-state index contributed by atoms with van der Waals surface area (Å²) >= 11 is 5.20. The van der Waals surface area contributed by atoms with Crippen molar-refractivity contribution in [3.8, 4) is 0 Å². The van der Waals surface area contributed by atoms with Crippen LogP contribution >= 0.6 is 27.7 Å². The Labute approximate surface area is 121 Å². The average molecular weight is 335 g/mol. The molecule has 0 aliphatic heterocycles. The topological polar surface area (TPSA) is 29.3 Å². The summed E-state index contributed by atoms with van der Waals surface area (Å²) in [5.41, 5.74) is 6.47. The minimum Gasteiger partial charge on any atom is -0.329 e. The zero-order valence-corrected chi connectivity index (χ0v) is 13.2. The molecule has 1 unspecified atom stereocenters. The summed E-state index contributed by atoms with van der Waals surface area (Å²) in [4.78, 5) is 2.13. The second-order valence-corrected chi connectivity index (χ2v) is 6.15. The van der Waals surface area contributed by atoms with Gasteiger partial charge in [-0.2, -0.15) is 11.8 Å². The molecule has 0 saturated carbocycles. The molecule has 5 heteroatoms. The SMILES string of the molecule is CSCCCN(C)C(CN)c1cc(Br)ccc1F. The molecule has 0 radical (unpaired) electrons. The number of benzene rings is 1. The minimum atomic E-state index is -0.189. The maximum atomic E-state index is 13.8. The van der Waals surface area contributed by atoms with Gasteiger partial charge in [0.1, 0.15) is 5.82 Å². The van der Waals surface area contributed by atoms with Gasteiger partial charge in [0.2, 0.25) is 0 Å². The van der Waals surface area contributed by atoms with Crippen LogP contribution in [0.3, 0.4) is 0 Å². The second kappa shape index (κ2) is 8.15. The molecule has 0 fully saturated rings. The van der Waals surface area contributed by atoms with E-state index < -0.39 is 0 Å². The van der Waals surface area contributed by atoms with Crippen molar-refractivity contribution in [1.82, 2.24) is 4.90 Å². The summed E-state index contributed by atoms with van der Waals surface area (Å²) in [6, 6.07) is 4.94. The van der Waals surface area contributed by atoms with Crippen LogP contribution < -0.4 is 5.73 Å². The first-order chi connectivity index (χ1) is 8.60. The van der Waals surface area contributed by atoms with Crippen LogP contribution in [0.25, 0.3) is 0 Å². The zero-order valence-electron chi connectivity index (χ0n) is 10.8. The van der Waals surface area contributed by atoms with Gasteiger partial charge in [-0.15, -0.1) is 0 Å². The highest BCUT2D eigenvalue weighted by atomic mass is 79.9. The Hall–Kier alpha value is -0.100. The maximum Gasteiger partial charge on any atom is 0.128 e. The largest absolute Gasteiger partial charge is 0.329 e. The molecule has 102 valence electrons. The molecule has 0 spiro atoms.